The van der Waals surface area contributed by atoms with Crippen molar-refractivity contribution in [2.45, 2.75) is 18.4 Å². The Kier molecular flexibility index (Phi) is 3.92. The number of furan rings is 1. The maximum atomic E-state index is 5.37. The minimum absolute atomic E-state index is 0.791. The summed E-state index contributed by atoms with van der Waals surface area (Å²) >= 11 is 1.75. The molecule has 0 unspecified atom stereocenters. The third kappa shape index (κ3) is 3.14. The van der Waals surface area contributed by atoms with E-state index in [9.17, 15) is 0 Å². The number of thioether (sulfide) groups is 1. The number of aryl methyl sites for hydroxylation is 1. The van der Waals surface area contributed by atoms with Crippen molar-refractivity contribution in [2.24, 2.45) is 0 Å². The van der Waals surface area contributed by atoms with Gasteiger partial charge in [-0.05, 0) is 19.1 Å². The Bertz CT molecular complexity index is 656. The molecule has 3 rings (SSSR count). The van der Waals surface area contributed by atoms with Crippen LogP contribution in [0.3, 0.4) is 0 Å². The molecule has 0 aliphatic rings. The van der Waals surface area contributed by atoms with Crippen molar-refractivity contribution in [3.8, 4) is 11.3 Å². The van der Waals surface area contributed by atoms with Crippen LogP contribution in [0.2, 0.25) is 0 Å². The summed E-state index contributed by atoms with van der Waals surface area (Å²) in [7, 11) is 0. The molecule has 0 aliphatic heterocycles. The summed E-state index contributed by atoms with van der Waals surface area (Å²) in [5, 5.41) is 4.12. The normalized spacial score (nSPS) is 10.8. The molecule has 0 atom stereocenters. The molecule has 20 heavy (non-hydrogen) atoms. The molecule has 102 valence electrons. The Labute approximate surface area is 122 Å². The molecule has 1 aromatic carbocycles. The van der Waals surface area contributed by atoms with Crippen molar-refractivity contribution in [3.05, 3.63) is 65.8 Å². The van der Waals surface area contributed by atoms with E-state index >= 15 is 0 Å². The van der Waals surface area contributed by atoms with Gasteiger partial charge in [0.05, 0.1) is 17.8 Å². The Hall–Kier alpha value is -1.94. The molecule has 0 aliphatic carbocycles. The van der Waals surface area contributed by atoms with Gasteiger partial charge in [0.1, 0.15) is 17.2 Å². The number of hydrogen-bond acceptors (Lipinski definition) is 4. The highest BCUT2D eigenvalue weighted by Crippen LogP contribution is 2.23. The van der Waals surface area contributed by atoms with E-state index in [0.29, 0.717) is 0 Å². The molecule has 0 radical (unpaired) electrons. The number of benzene rings is 1. The van der Waals surface area contributed by atoms with Crippen LogP contribution >= 0.6 is 11.8 Å². The van der Waals surface area contributed by atoms with E-state index in [1.165, 1.54) is 5.56 Å². The van der Waals surface area contributed by atoms with Gasteiger partial charge in [-0.2, -0.15) is 0 Å². The van der Waals surface area contributed by atoms with Crippen molar-refractivity contribution in [3.63, 3.8) is 0 Å². The first kappa shape index (κ1) is 13.1. The Morgan fingerprint density at radius 2 is 1.85 bits per heavy atom. The number of hydrogen-bond donors (Lipinski definition) is 0. The summed E-state index contributed by atoms with van der Waals surface area (Å²) in [6.07, 6.45) is 1.69. The zero-order chi connectivity index (χ0) is 13.8. The highest BCUT2D eigenvalue weighted by molar-refractivity contribution is 7.97. The molecule has 2 heterocycles. The Balaban J connectivity index is 1.60. The zero-order valence-electron chi connectivity index (χ0n) is 11.2. The smallest absolute Gasteiger partial charge is 0.147 e. The molecule has 0 amide bonds. The van der Waals surface area contributed by atoms with Gasteiger partial charge in [-0.15, -0.1) is 11.8 Å². The van der Waals surface area contributed by atoms with Crippen LogP contribution in [0.15, 0.2) is 57.7 Å². The van der Waals surface area contributed by atoms with E-state index < -0.39 is 0 Å². The monoisotopic (exact) mass is 285 g/mol. The molecular formula is C16H15NO2S. The van der Waals surface area contributed by atoms with Crippen LogP contribution in [0.4, 0.5) is 0 Å². The van der Waals surface area contributed by atoms with E-state index in [0.717, 1.165) is 34.3 Å². The van der Waals surface area contributed by atoms with Crippen LogP contribution in [-0.4, -0.2) is 5.16 Å². The van der Waals surface area contributed by atoms with Gasteiger partial charge in [-0.3, -0.25) is 0 Å². The summed E-state index contributed by atoms with van der Waals surface area (Å²) in [6, 6.07) is 14.2. The fourth-order valence-electron chi connectivity index (χ4n) is 1.89. The average molecular weight is 285 g/mol. The SMILES string of the molecule is Cc1ccc(-c2cc(CSCc3ccco3)on2)cc1. The largest absolute Gasteiger partial charge is 0.468 e. The molecule has 2 aromatic heterocycles. The minimum atomic E-state index is 0.791. The molecule has 0 saturated carbocycles. The summed E-state index contributed by atoms with van der Waals surface area (Å²) in [6.45, 7) is 2.07. The molecule has 3 nitrogen and oxygen atoms in total. The summed E-state index contributed by atoms with van der Waals surface area (Å²) in [4.78, 5) is 0. The van der Waals surface area contributed by atoms with Crippen LogP contribution in [0.5, 0.6) is 0 Å². The van der Waals surface area contributed by atoms with Crippen LogP contribution < -0.4 is 0 Å². The molecule has 3 aromatic rings. The predicted molar refractivity (Wildman–Crippen MR) is 80.4 cm³/mol. The lowest BCUT2D eigenvalue weighted by Gasteiger charge is -1.95. The van der Waals surface area contributed by atoms with Gasteiger partial charge >= 0.3 is 0 Å². The van der Waals surface area contributed by atoms with Gasteiger partial charge < -0.3 is 8.94 Å². The van der Waals surface area contributed by atoms with Crippen LogP contribution in [-0.2, 0) is 11.5 Å². The van der Waals surface area contributed by atoms with E-state index in [1.807, 2.05) is 18.2 Å². The molecule has 0 fully saturated rings. The number of aromatic nitrogens is 1. The van der Waals surface area contributed by atoms with Gasteiger partial charge in [0.15, 0.2) is 0 Å². The second-order valence-corrected chi connectivity index (χ2v) is 5.60. The number of nitrogens with zero attached hydrogens (tertiary/aromatic N) is 1. The van der Waals surface area contributed by atoms with Gasteiger partial charge in [-0.25, -0.2) is 0 Å². The fraction of sp³-hybridized carbons (Fsp3) is 0.188. The third-order valence-electron chi connectivity index (χ3n) is 2.98. The lowest BCUT2D eigenvalue weighted by atomic mass is 10.1. The molecule has 0 saturated heterocycles. The number of rotatable bonds is 5. The molecule has 0 N–H and O–H groups in total. The van der Waals surface area contributed by atoms with Gasteiger partial charge in [-0.1, -0.05) is 35.0 Å². The second kappa shape index (κ2) is 6.01. The molecule has 4 heteroatoms. The maximum Gasteiger partial charge on any atom is 0.147 e. The van der Waals surface area contributed by atoms with E-state index in [4.69, 9.17) is 8.94 Å². The predicted octanol–water partition coefficient (Wildman–Crippen LogP) is 4.68. The molecule has 0 spiro atoms. The van der Waals surface area contributed by atoms with Gasteiger partial charge in [0.2, 0.25) is 0 Å². The lowest BCUT2D eigenvalue weighted by molar-refractivity contribution is 0.397. The Morgan fingerprint density at radius 3 is 2.60 bits per heavy atom. The van der Waals surface area contributed by atoms with Crippen LogP contribution in [0.25, 0.3) is 11.3 Å². The Morgan fingerprint density at radius 1 is 1.05 bits per heavy atom. The topological polar surface area (TPSA) is 39.2 Å². The summed E-state index contributed by atoms with van der Waals surface area (Å²) in [5.41, 5.74) is 3.21. The second-order valence-electron chi connectivity index (χ2n) is 4.62. The highest BCUT2D eigenvalue weighted by Gasteiger charge is 2.07. The zero-order valence-corrected chi connectivity index (χ0v) is 12.0. The average Bonchev–Trinajstić information content (AvgIpc) is 3.11. The maximum absolute atomic E-state index is 5.37. The summed E-state index contributed by atoms with van der Waals surface area (Å²) < 4.78 is 10.7. The molecule has 0 bridgehead atoms. The van der Waals surface area contributed by atoms with E-state index in [1.54, 1.807) is 18.0 Å². The van der Waals surface area contributed by atoms with Crippen molar-refractivity contribution in [1.29, 1.82) is 0 Å². The van der Waals surface area contributed by atoms with Crippen LogP contribution in [0.1, 0.15) is 17.1 Å². The van der Waals surface area contributed by atoms with E-state index in [-0.39, 0.29) is 0 Å². The van der Waals surface area contributed by atoms with Gasteiger partial charge in [0, 0.05) is 11.6 Å². The van der Waals surface area contributed by atoms with Crippen molar-refractivity contribution >= 4 is 11.8 Å². The van der Waals surface area contributed by atoms with Gasteiger partial charge in [0.25, 0.3) is 0 Å². The first-order valence-electron chi connectivity index (χ1n) is 6.44. The first-order valence-corrected chi connectivity index (χ1v) is 7.59. The van der Waals surface area contributed by atoms with Crippen molar-refractivity contribution < 1.29 is 8.94 Å². The quantitative estimate of drug-likeness (QED) is 0.682. The standard InChI is InChI=1S/C16H15NO2S/c1-12-4-6-13(7-5-12)16-9-15(19-17-16)11-20-10-14-3-2-8-18-14/h2-9H,10-11H2,1H3. The van der Waals surface area contributed by atoms with Crippen LogP contribution in [0, 0.1) is 6.92 Å². The van der Waals surface area contributed by atoms with Crippen molar-refractivity contribution in [1.82, 2.24) is 5.16 Å². The third-order valence-corrected chi connectivity index (χ3v) is 3.95. The summed E-state index contributed by atoms with van der Waals surface area (Å²) in [5.74, 6) is 3.50. The first-order chi connectivity index (χ1) is 9.81. The minimum Gasteiger partial charge on any atom is -0.468 e. The van der Waals surface area contributed by atoms with Crippen molar-refractivity contribution in [2.75, 3.05) is 0 Å². The highest BCUT2D eigenvalue weighted by atomic mass is 32.2. The fourth-order valence-corrected chi connectivity index (χ4v) is 2.69. The lowest BCUT2D eigenvalue weighted by Crippen LogP contribution is -1.78. The van der Waals surface area contributed by atoms with E-state index in [2.05, 4.69) is 36.3 Å². The molecular weight excluding hydrogens is 270 g/mol.